The third kappa shape index (κ3) is 3.51. The van der Waals surface area contributed by atoms with Crippen LogP contribution in [0, 0.1) is 11.5 Å². The van der Waals surface area contributed by atoms with Crippen molar-refractivity contribution < 1.29 is 14.9 Å². The van der Waals surface area contributed by atoms with Crippen LogP contribution in [-0.2, 0) is 4.74 Å². The third-order valence-electron chi connectivity index (χ3n) is 5.85. The normalized spacial score (nSPS) is 25.1. The Morgan fingerprint density at radius 2 is 2.04 bits per heavy atom. The predicted molar refractivity (Wildman–Crippen MR) is 110 cm³/mol. The second kappa shape index (κ2) is 7.97. The van der Waals surface area contributed by atoms with Crippen LogP contribution < -0.4 is 5.73 Å². The number of nitrogen functional groups attached to an aromatic ring is 1. The van der Waals surface area contributed by atoms with E-state index in [1.807, 2.05) is 0 Å². The number of fused-ring (bicyclic) bond motifs is 1. The van der Waals surface area contributed by atoms with Gasteiger partial charge in [-0.1, -0.05) is 26.7 Å². The van der Waals surface area contributed by atoms with Crippen LogP contribution in [-0.4, -0.2) is 56.1 Å². The standard InChI is InChI=1S/C18H26ClN5O3Si/c1-4-28(5-2,6-3)8-7-18(10-25)12(26)9-13(27-18)24-11-21-14-15(20)22-17(19)23-16(14)24/h11-13,25-26H,4-6,9-10H2,1-3H3,(H2,20,22,23)/t12-,13+,18+/m0/s1. The summed E-state index contributed by atoms with van der Waals surface area (Å²) in [6.45, 7) is 6.06. The average molecular weight is 424 g/mol. The highest BCUT2D eigenvalue weighted by Gasteiger charge is 2.48. The first-order valence-corrected chi connectivity index (χ1v) is 12.5. The van der Waals surface area contributed by atoms with Crippen molar-refractivity contribution in [2.24, 2.45) is 0 Å². The fourth-order valence-corrected chi connectivity index (χ4v) is 6.27. The Morgan fingerprint density at radius 3 is 2.64 bits per heavy atom. The lowest BCUT2D eigenvalue weighted by atomic mass is 9.99. The van der Waals surface area contributed by atoms with E-state index in [4.69, 9.17) is 22.1 Å². The molecule has 2 aromatic heterocycles. The maximum Gasteiger partial charge on any atom is 0.226 e. The van der Waals surface area contributed by atoms with Gasteiger partial charge in [0.25, 0.3) is 0 Å². The molecule has 8 nitrogen and oxygen atoms in total. The first kappa shape index (κ1) is 21.0. The van der Waals surface area contributed by atoms with Gasteiger partial charge in [-0.2, -0.15) is 9.97 Å². The van der Waals surface area contributed by atoms with Crippen LogP contribution in [0.5, 0.6) is 0 Å². The predicted octanol–water partition coefficient (Wildman–Crippen LogP) is 2.12. The fraction of sp³-hybridized carbons (Fsp3) is 0.611. The molecular weight excluding hydrogens is 398 g/mol. The third-order valence-corrected chi connectivity index (χ3v) is 10.7. The number of aliphatic hydroxyl groups excluding tert-OH is 2. The summed E-state index contributed by atoms with van der Waals surface area (Å²) in [6.07, 6.45) is 0.210. The molecule has 0 aromatic carbocycles. The minimum atomic E-state index is -1.76. The van der Waals surface area contributed by atoms with E-state index < -0.39 is 32.6 Å². The Labute approximate surface area is 170 Å². The van der Waals surface area contributed by atoms with Crippen LogP contribution in [0.2, 0.25) is 23.4 Å². The number of hydrogen-bond donors (Lipinski definition) is 3. The highest BCUT2D eigenvalue weighted by atomic mass is 35.5. The second-order valence-electron chi connectivity index (χ2n) is 7.16. The summed E-state index contributed by atoms with van der Waals surface area (Å²) >= 11 is 5.93. The number of halogens is 1. The van der Waals surface area contributed by atoms with Gasteiger partial charge in [0.1, 0.15) is 25.9 Å². The quantitative estimate of drug-likeness (QED) is 0.382. The molecule has 1 fully saturated rings. The molecule has 2 aromatic rings. The van der Waals surface area contributed by atoms with Gasteiger partial charge in [-0.25, -0.2) is 4.98 Å². The molecule has 0 bridgehead atoms. The second-order valence-corrected chi connectivity index (χ2v) is 12.4. The summed E-state index contributed by atoms with van der Waals surface area (Å²) in [5, 5.41) is 20.8. The van der Waals surface area contributed by atoms with Gasteiger partial charge < -0.3 is 20.7 Å². The molecular formula is C18H26ClN5O3Si. The largest absolute Gasteiger partial charge is 0.392 e. The monoisotopic (exact) mass is 423 g/mol. The summed E-state index contributed by atoms with van der Waals surface area (Å²) in [5.41, 5.74) is 8.77. The van der Waals surface area contributed by atoms with Crippen LogP contribution in [0.15, 0.2) is 6.33 Å². The molecule has 0 aliphatic carbocycles. The Bertz CT molecular complexity index is 915. The molecule has 0 radical (unpaired) electrons. The van der Waals surface area contributed by atoms with Crippen molar-refractivity contribution in [1.82, 2.24) is 19.5 Å². The van der Waals surface area contributed by atoms with Gasteiger partial charge in [0, 0.05) is 6.42 Å². The average Bonchev–Trinajstić information content (AvgIpc) is 3.25. The molecule has 1 aliphatic heterocycles. The Hall–Kier alpha value is -1.70. The van der Waals surface area contributed by atoms with Crippen molar-refractivity contribution in [3.05, 3.63) is 11.6 Å². The molecule has 4 N–H and O–H groups in total. The number of aliphatic hydroxyl groups is 2. The van der Waals surface area contributed by atoms with E-state index >= 15 is 0 Å². The van der Waals surface area contributed by atoms with E-state index in [9.17, 15) is 10.2 Å². The van der Waals surface area contributed by atoms with Crippen LogP contribution in [0.3, 0.4) is 0 Å². The summed E-state index contributed by atoms with van der Waals surface area (Å²) in [7, 11) is -1.76. The molecule has 0 amide bonds. The van der Waals surface area contributed by atoms with Gasteiger partial charge in [-0.05, 0) is 29.7 Å². The van der Waals surface area contributed by atoms with Crippen LogP contribution in [0.25, 0.3) is 11.2 Å². The van der Waals surface area contributed by atoms with Crippen LogP contribution >= 0.6 is 11.6 Å². The van der Waals surface area contributed by atoms with E-state index in [2.05, 4.69) is 47.2 Å². The molecule has 1 saturated heterocycles. The molecule has 0 unspecified atom stereocenters. The number of ether oxygens (including phenoxy) is 1. The van der Waals surface area contributed by atoms with Crippen molar-refractivity contribution in [2.45, 2.75) is 63.3 Å². The fourth-order valence-electron chi connectivity index (χ4n) is 3.59. The number of nitrogens with zero attached hydrogens (tertiary/aromatic N) is 4. The number of hydrogen-bond acceptors (Lipinski definition) is 7. The highest BCUT2D eigenvalue weighted by Crippen LogP contribution is 2.38. The van der Waals surface area contributed by atoms with Gasteiger partial charge in [0.05, 0.1) is 12.9 Å². The molecule has 1 aliphatic rings. The van der Waals surface area contributed by atoms with Crippen molar-refractivity contribution in [3.8, 4) is 11.5 Å². The van der Waals surface area contributed by atoms with Crippen molar-refractivity contribution in [3.63, 3.8) is 0 Å². The Balaban J connectivity index is 1.98. The number of nitrogens with two attached hydrogens (primary N) is 1. The van der Waals surface area contributed by atoms with Gasteiger partial charge in [-0.3, -0.25) is 4.57 Å². The van der Waals surface area contributed by atoms with Gasteiger partial charge in [0.2, 0.25) is 5.28 Å². The lowest BCUT2D eigenvalue weighted by Gasteiger charge is -2.26. The van der Waals surface area contributed by atoms with E-state index in [0.717, 1.165) is 18.1 Å². The lowest BCUT2D eigenvalue weighted by Crippen LogP contribution is -2.43. The van der Waals surface area contributed by atoms with Gasteiger partial charge in [-0.15, -0.1) is 5.54 Å². The summed E-state index contributed by atoms with van der Waals surface area (Å²) in [5.74, 6) is 3.29. The zero-order valence-electron chi connectivity index (χ0n) is 16.3. The molecule has 0 saturated carbocycles. The van der Waals surface area contributed by atoms with Crippen molar-refractivity contribution in [1.29, 1.82) is 0 Å². The van der Waals surface area contributed by atoms with Gasteiger partial charge in [0.15, 0.2) is 17.1 Å². The number of anilines is 1. The maximum absolute atomic E-state index is 10.7. The summed E-state index contributed by atoms with van der Waals surface area (Å²) in [4.78, 5) is 12.3. The zero-order chi connectivity index (χ0) is 20.5. The molecule has 3 rings (SSSR count). The summed E-state index contributed by atoms with van der Waals surface area (Å²) in [6, 6.07) is 3.07. The lowest BCUT2D eigenvalue weighted by molar-refractivity contribution is -0.0892. The molecule has 10 heteroatoms. The first-order chi connectivity index (χ1) is 13.3. The first-order valence-electron chi connectivity index (χ1n) is 9.50. The molecule has 152 valence electrons. The maximum atomic E-state index is 10.7. The Morgan fingerprint density at radius 1 is 1.36 bits per heavy atom. The minimum absolute atomic E-state index is 0.00290. The smallest absolute Gasteiger partial charge is 0.226 e. The Kier molecular flexibility index (Phi) is 5.98. The van der Waals surface area contributed by atoms with E-state index in [1.165, 1.54) is 6.33 Å². The summed E-state index contributed by atoms with van der Waals surface area (Å²) < 4.78 is 7.74. The molecule has 0 spiro atoms. The van der Waals surface area contributed by atoms with Crippen LogP contribution in [0.4, 0.5) is 5.82 Å². The van der Waals surface area contributed by atoms with Crippen molar-refractivity contribution in [2.75, 3.05) is 12.3 Å². The van der Waals surface area contributed by atoms with Crippen molar-refractivity contribution >= 4 is 36.7 Å². The highest BCUT2D eigenvalue weighted by molar-refractivity contribution is 6.87. The molecule has 28 heavy (non-hydrogen) atoms. The molecule has 3 heterocycles. The van der Waals surface area contributed by atoms with Gasteiger partial charge >= 0.3 is 0 Å². The number of aromatic nitrogens is 4. The minimum Gasteiger partial charge on any atom is -0.392 e. The molecule has 3 atom stereocenters. The van der Waals surface area contributed by atoms with E-state index in [1.54, 1.807) is 4.57 Å². The van der Waals surface area contributed by atoms with E-state index in [-0.39, 0.29) is 17.5 Å². The topological polar surface area (TPSA) is 119 Å². The zero-order valence-corrected chi connectivity index (χ0v) is 18.1. The van der Waals surface area contributed by atoms with Crippen LogP contribution in [0.1, 0.15) is 33.4 Å². The SMILES string of the molecule is CC[Si](C#C[C@]1(CO)O[C@@H](n2cnc3c(N)nc(Cl)nc32)C[C@@H]1O)(CC)CC. The number of rotatable bonds is 5. The van der Waals surface area contributed by atoms with E-state index in [0.29, 0.717) is 11.2 Å². The number of imidazole rings is 1.